The van der Waals surface area contributed by atoms with Crippen LogP contribution in [0.15, 0.2) is 48.5 Å². The van der Waals surface area contributed by atoms with E-state index < -0.39 is 0 Å². The average Bonchev–Trinajstić information content (AvgIpc) is 2.77. The lowest BCUT2D eigenvalue weighted by molar-refractivity contribution is -0.128. The molecule has 0 saturated heterocycles. The number of hydrogen-bond acceptors (Lipinski definition) is 5. The molecule has 166 valence electrons. The third-order valence-electron chi connectivity index (χ3n) is 4.53. The second kappa shape index (κ2) is 12.3. The summed E-state index contributed by atoms with van der Waals surface area (Å²) in [6.07, 6.45) is 1.08. The van der Waals surface area contributed by atoms with Crippen LogP contribution in [0.5, 0.6) is 0 Å². The highest BCUT2D eigenvalue weighted by molar-refractivity contribution is 5.96. The molecule has 0 spiro atoms. The van der Waals surface area contributed by atoms with E-state index in [-0.39, 0.29) is 24.3 Å². The molecule has 8 heteroatoms. The first kappa shape index (κ1) is 23.9. The van der Waals surface area contributed by atoms with Crippen molar-refractivity contribution < 1.29 is 19.1 Å². The van der Waals surface area contributed by atoms with Gasteiger partial charge in [0, 0.05) is 51.1 Å². The van der Waals surface area contributed by atoms with Gasteiger partial charge in [-0.05, 0) is 48.4 Å². The van der Waals surface area contributed by atoms with Gasteiger partial charge in [-0.25, -0.2) is 0 Å². The van der Waals surface area contributed by atoms with Gasteiger partial charge < -0.3 is 25.6 Å². The number of carbonyl (C=O) groups is 3. The third-order valence-corrected chi connectivity index (χ3v) is 4.53. The van der Waals surface area contributed by atoms with E-state index in [1.807, 2.05) is 24.3 Å². The minimum absolute atomic E-state index is 0.0798. The van der Waals surface area contributed by atoms with Crippen molar-refractivity contribution in [2.75, 3.05) is 51.5 Å². The highest BCUT2D eigenvalue weighted by atomic mass is 16.5. The zero-order chi connectivity index (χ0) is 22.6. The van der Waals surface area contributed by atoms with E-state index in [4.69, 9.17) is 4.74 Å². The molecule has 0 fully saturated rings. The van der Waals surface area contributed by atoms with Gasteiger partial charge in [-0.3, -0.25) is 14.4 Å². The Morgan fingerprint density at radius 1 is 1.00 bits per heavy atom. The van der Waals surface area contributed by atoms with Crippen molar-refractivity contribution in [3.8, 4) is 0 Å². The van der Waals surface area contributed by atoms with Crippen LogP contribution in [0.1, 0.15) is 22.3 Å². The van der Waals surface area contributed by atoms with Gasteiger partial charge in [0.15, 0.2) is 0 Å². The van der Waals surface area contributed by atoms with Crippen LogP contribution in [0, 0.1) is 0 Å². The van der Waals surface area contributed by atoms with Gasteiger partial charge in [0.25, 0.3) is 5.91 Å². The number of amides is 3. The van der Waals surface area contributed by atoms with E-state index in [1.54, 1.807) is 50.4 Å². The number of anilines is 2. The number of carbonyl (C=O) groups excluding carboxylic acids is 3. The lowest BCUT2D eigenvalue weighted by Gasteiger charge is -2.11. The summed E-state index contributed by atoms with van der Waals surface area (Å²) in [6, 6.07) is 14.4. The van der Waals surface area contributed by atoms with E-state index in [2.05, 4.69) is 16.0 Å². The maximum Gasteiger partial charge on any atom is 0.251 e. The van der Waals surface area contributed by atoms with Crippen molar-refractivity contribution in [1.82, 2.24) is 10.2 Å². The fourth-order valence-electron chi connectivity index (χ4n) is 2.77. The number of ether oxygens (including phenoxy) is 1. The molecule has 3 N–H and O–H groups in total. The maximum absolute atomic E-state index is 12.2. The van der Waals surface area contributed by atoms with Gasteiger partial charge in [0.05, 0.1) is 13.2 Å². The number of nitrogens with one attached hydrogen (secondary N) is 3. The Bertz CT molecular complexity index is 881. The summed E-state index contributed by atoms with van der Waals surface area (Å²) >= 11 is 0. The van der Waals surface area contributed by atoms with Gasteiger partial charge in [0.1, 0.15) is 0 Å². The van der Waals surface area contributed by atoms with Gasteiger partial charge >= 0.3 is 0 Å². The van der Waals surface area contributed by atoms with Gasteiger partial charge in [-0.2, -0.15) is 0 Å². The van der Waals surface area contributed by atoms with Crippen LogP contribution in [0.3, 0.4) is 0 Å². The summed E-state index contributed by atoms with van der Waals surface area (Å²) < 4.78 is 4.90. The smallest absolute Gasteiger partial charge is 0.251 e. The molecule has 0 aromatic heterocycles. The lowest BCUT2D eigenvalue weighted by atomic mass is 10.1. The molecule has 0 atom stereocenters. The fraction of sp³-hybridized carbons (Fsp3) is 0.348. The summed E-state index contributed by atoms with van der Waals surface area (Å²) in [5.41, 5.74) is 2.96. The molecule has 0 heterocycles. The molecular weight excluding hydrogens is 396 g/mol. The van der Waals surface area contributed by atoms with Crippen LogP contribution in [-0.2, 0) is 20.7 Å². The number of aryl methyl sites for hydroxylation is 1. The molecule has 0 aliphatic carbocycles. The van der Waals surface area contributed by atoms with Crippen LogP contribution in [0.4, 0.5) is 11.4 Å². The second-order valence-corrected chi connectivity index (χ2v) is 7.22. The molecule has 0 unspecified atom stereocenters. The van der Waals surface area contributed by atoms with Crippen molar-refractivity contribution in [3.05, 3.63) is 59.7 Å². The normalized spacial score (nSPS) is 10.3. The molecular formula is C23H30N4O4. The predicted octanol–water partition coefficient (Wildman–Crippen LogP) is 2.13. The Labute approximate surface area is 183 Å². The largest absolute Gasteiger partial charge is 0.383 e. The number of hydrogen-bond donors (Lipinski definition) is 3. The van der Waals surface area contributed by atoms with Crippen molar-refractivity contribution in [2.24, 2.45) is 0 Å². The number of methoxy groups -OCH3 is 1. The van der Waals surface area contributed by atoms with Crippen molar-refractivity contribution in [3.63, 3.8) is 0 Å². The summed E-state index contributed by atoms with van der Waals surface area (Å²) in [6.45, 7) is 0.982. The van der Waals surface area contributed by atoms with Crippen molar-refractivity contribution in [2.45, 2.75) is 12.8 Å². The highest BCUT2D eigenvalue weighted by Crippen LogP contribution is 2.13. The zero-order valence-corrected chi connectivity index (χ0v) is 18.2. The molecule has 0 radical (unpaired) electrons. The van der Waals surface area contributed by atoms with Gasteiger partial charge in [-0.1, -0.05) is 12.1 Å². The molecule has 2 aromatic carbocycles. The Morgan fingerprint density at radius 2 is 1.74 bits per heavy atom. The molecule has 0 bridgehead atoms. The van der Waals surface area contributed by atoms with Crippen LogP contribution in [0.2, 0.25) is 0 Å². The van der Waals surface area contributed by atoms with Crippen LogP contribution in [0.25, 0.3) is 0 Å². The third kappa shape index (κ3) is 8.47. The maximum atomic E-state index is 12.2. The SMILES string of the molecule is COCCNC(=O)c1ccc(NC(=O)CNc2cccc(CCC(=O)N(C)C)c2)cc1. The van der Waals surface area contributed by atoms with Crippen LogP contribution < -0.4 is 16.0 Å². The molecule has 0 saturated carbocycles. The Morgan fingerprint density at radius 3 is 2.42 bits per heavy atom. The number of nitrogens with zero attached hydrogens (tertiary/aromatic N) is 1. The first-order chi connectivity index (χ1) is 14.9. The molecule has 0 aliphatic heterocycles. The summed E-state index contributed by atoms with van der Waals surface area (Å²) in [4.78, 5) is 37.5. The number of benzene rings is 2. The van der Waals surface area contributed by atoms with Crippen LogP contribution >= 0.6 is 0 Å². The van der Waals surface area contributed by atoms with E-state index in [1.165, 1.54) is 0 Å². The summed E-state index contributed by atoms with van der Waals surface area (Å²) in [5.74, 6) is -0.314. The Hall–Kier alpha value is -3.39. The Kier molecular flexibility index (Phi) is 9.51. The first-order valence-electron chi connectivity index (χ1n) is 10.1. The molecule has 31 heavy (non-hydrogen) atoms. The lowest BCUT2D eigenvalue weighted by Crippen LogP contribution is -2.27. The molecule has 3 amide bonds. The molecule has 2 aromatic rings. The highest BCUT2D eigenvalue weighted by Gasteiger charge is 2.08. The average molecular weight is 427 g/mol. The second-order valence-electron chi connectivity index (χ2n) is 7.22. The summed E-state index contributed by atoms with van der Waals surface area (Å²) in [5, 5.41) is 8.63. The topological polar surface area (TPSA) is 99.8 Å². The Balaban J connectivity index is 1.80. The minimum atomic E-state index is -0.203. The van der Waals surface area contributed by atoms with Crippen molar-refractivity contribution in [1.29, 1.82) is 0 Å². The first-order valence-corrected chi connectivity index (χ1v) is 10.1. The standard InChI is InChI=1S/C23H30N4O4/c1-27(2)22(29)12-7-17-5-4-6-20(15-17)25-16-21(28)26-19-10-8-18(9-11-19)23(30)24-13-14-31-3/h4-6,8-11,15,25H,7,12-14,16H2,1-3H3,(H,24,30)(H,26,28). The molecule has 8 nitrogen and oxygen atoms in total. The molecule has 2 rings (SSSR count). The predicted molar refractivity (Wildman–Crippen MR) is 121 cm³/mol. The number of rotatable bonds is 11. The van der Waals surface area contributed by atoms with E-state index >= 15 is 0 Å². The van der Waals surface area contributed by atoms with Gasteiger partial charge in [0.2, 0.25) is 11.8 Å². The monoisotopic (exact) mass is 426 g/mol. The quantitative estimate of drug-likeness (QED) is 0.478. The minimum Gasteiger partial charge on any atom is -0.383 e. The summed E-state index contributed by atoms with van der Waals surface area (Å²) in [7, 11) is 5.05. The van der Waals surface area contributed by atoms with E-state index in [0.717, 1.165) is 11.3 Å². The van der Waals surface area contributed by atoms with E-state index in [0.29, 0.717) is 37.2 Å². The zero-order valence-electron chi connectivity index (χ0n) is 18.2. The van der Waals surface area contributed by atoms with Crippen molar-refractivity contribution >= 4 is 29.1 Å². The molecule has 0 aliphatic rings. The van der Waals surface area contributed by atoms with Gasteiger partial charge in [-0.15, -0.1) is 0 Å². The fourth-order valence-corrected chi connectivity index (χ4v) is 2.77. The van der Waals surface area contributed by atoms with E-state index in [9.17, 15) is 14.4 Å². The van der Waals surface area contributed by atoms with Crippen LogP contribution in [-0.4, -0.2) is 63.5 Å².